The summed E-state index contributed by atoms with van der Waals surface area (Å²) in [5.74, 6) is 0. The van der Waals surface area contributed by atoms with E-state index >= 15 is 0 Å². The van der Waals surface area contributed by atoms with Gasteiger partial charge in [0.05, 0.1) is 0 Å². The van der Waals surface area contributed by atoms with Crippen LogP contribution >= 0.6 is 0 Å². The molecule has 0 aliphatic heterocycles. The molecule has 0 aromatic heterocycles. The molecular weight excluding hydrogens is 829 g/mol. The Labute approximate surface area is 402 Å². The topological polar surface area (TPSA) is 0 Å². The van der Waals surface area contributed by atoms with Gasteiger partial charge in [0, 0.05) is 5.41 Å². The standard InChI is InChI=1S/C69H46/c1-69(2)63-32-14-13-23-51(63)52-39-37-47(42-64(52)69)43-33-35-46(36-34-43)65-55-24-7-9-26-57(55)66(58-27-10-8-25-56(58)65)48-38-40-61-62(41-48)68(54-31-16-20-45-18-4-6-22-50(45)54)60-29-12-11-28-59(60)67(61)53-30-15-19-44-17-3-5-21-49(44)53/h3-42H,1-2H3. The summed E-state index contributed by atoms with van der Waals surface area (Å²) in [7, 11) is 0. The highest BCUT2D eigenvalue weighted by Crippen LogP contribution is 2.52. The highest BCUT2D eigenvalue weighted by Gasteiger charge is 2.35. The van der Waals surface area contributed by atoms with Crippen molar-refractivity contribution in [2.45, 2.75) is 19.3 Å². The van der Waals surface area contributed by atoms with Crippen LogP contribution in [0.1, 0.15) is 25.0 Å². The Kier molecular flexibility index (Phi) is 8.73. The van der Waals surface area contributed by atoms with Gasteiger partial charge >= 0.3 is 0 Å². The van der Waals surface area contributed by atoms with E-state index in [1.54, 1.807) is 0 Å². The van der Waals surface area contributed by atoms with Gasteiger partial charge in [-0.15, -0.1) is 0 Å². The van der Waals surface area contributed by atoms with Crippen LogP contribution in [0.3, 0.4) is 0 Å². The average molecular weight is 875 g/mol. The summed E-state index contributed by atoms with van der Waals surface area (Å²) in [5, 5.41) is 15.0. The van der Waals surface area contributed by atoms with E-state index in [-0.39, 0.29) is 5.41 Å². The normalized spacial score (nSPS) is 12.9. The van der Waals surface area contributed by atoms with E-state index in [0.29, 0.717) is 0 Å². The van der Waals surface area contributed by atoms with Crippen molar-refractivity contribution in [2.24, 2.45) is 0 Å². The molecule has 0 saturated carbocycles. The molecule has 0 heteroatoms. The van der Waals surface area contributed by atoms with E-state index < -0.39 is 0 Å². The van der Waals surface area contributed by atoms with Crippen LogP contribution in [0.4, 0.5) is 0 Å². The molecule has 0 heterocycles. The largest absolute Gasteiger partial charge is 0.0619 e. The SMILES string of the molecule is CC1(C)c2ccccc2-c2ccc(-c3ccc(-c4c5ccccc5c(-c5ccc6c(-c7cccc8ccccc78)c7ccccc7c(-c7cccc8ccccc78)c6c5)c5ccccc45)cc3)cc21. The molecule has 0 atom stereocenters. The van der Waals surface area contributed by atoms with Crippen molar-refractivity contribution >= 4 is 64.6 Å². The lowest BCUT2D eigenvalue weighted by Gasteiger charge is -2.22. The van der Waals surface area contributed by atoms with E-state index in [4.69, 9.17) is 0 Å². The molecule has 322 valence electrons. The van der Waals surface area contributed by atoms with Crippen molar-refractivity contribution in [2.75, 3.05) is 0 Å². The zero-order valence-electron chi connectivity index (χ0n) is 38.6. The third-order valence-corrected chi connectivity index (χ3v) is 15.5. The van der Waals surface area contributed by atoms with Gasteiger partial charge < -0.3 is 0 Å². The Morgan fingerprint density at radius 2 is 0.594 bits per heavy atom. The monoisotopic (exact) mass is 874 g/mol. The van der Waals surface area contributed by atoms with Crippen LogP contribution in [0.25, 0.3) is 131 Å². The van der Waals surface area contributed by atoms with Crippen LogP contribution in [0, 0.1) is 0 Å². The molecule has 1 aliphatic rings. The fourth-order valence-corrected chi connectivity index (χ4v) is 12.3. The Balaban J connectivity index is 0.994. The van der Waals surface area contributed by atoms with Gasteiger partial charge in [0.1, 0.15) is 0 Å². The van der Waals surface area contributed by atoms with Gasteiger partial charge in [-0.25, -0.2) is 0 Å². The first-order valence-corrected chi connectivity index (χ1v) is 24.2. The van der Waals surface area contributed by atoms with Gasteiger partial charge in [-0.1, -0.05) is 244 Å². The van der Waals surface area contributed by atoms with Crippen molar-refractivity contribution < 1.29 is 0 Å². The molecule has 0 radical (unpaired) electrons. The lowest BCUT2D eigenvalue weighted by Crippen LogP contribution is -2.14. The maximum atomic E-state index is 2.51. The Morgan fingerprint density at radius 1 is 0.217 bits per heavy atom. The minimum absolute atomic E-state index is 0.0448. The highest BCUT2D eigenvalue weighted by molar-refractivity contribution is 6.27. The molecule has 0 unspecified atom stereocenters. The summed E-state index contributed by atoms with van der Waals surface area (Å²) in [6.07, 6.45) is 0. The molecular formula is C69H46. The van der Waals surface area contributed by atoms with Gasteiger partial charge in [-0.3, -0.25) is 0 Å². The summed E-state index contributed by atoms with van der Waals surface area (Å²) in [4.78, 5) is 0. The highest BCUT2D eigenvalue weighted by atomic mass is 14.4. The Morgan fingerprint density at radius 3 is 1.17 bits per heavy atom. The quantitative estimate of drug-likeness (QED) is 0.151. The summed E-state index contributed by atoms with van der Waals surface area (Å²) in [5.41, 5.74) is 17.9. The van der Waals surface area contributed by atoms with E-state index in [2.05, 4.69) is 257 Å². The van der Waals surface area contributed by atoms with E-state index in [9.17, 15) is 0 Å². The van der Waals surface area contributed by atoms with Crippen LogP contribution in [-0.4, -0.2) is 0 Å². The predicted octanol–water partition coefficient (Wildman–Crippen LogP) is 19.2. The fourth-order valence-electron chi connectivity index (χ4n) is 12.3. The lowest BCUT2D eigenvalue weighted by atomic mass is 9.81. The summed E-state index contributed by atoms with van der Waals surface area (Å²) >= 11 is 0. The minimum Gasteiger partial charge on any atom is -0.0619 e. The molecule has 14 rings (SSSR count). The molecule has 13 aromatic carbocycles. The van der Waals surface area contributed by atoms with Crippen molar-refractivity contribution in [1.82, 2.24) is 0 Å². The van der Waals surface area contributed by atoms with Crippen LogP contribution in [0.15, 0.2) is 243 Å². The third kappa shape index (κ3) is 5.95. The second-order valence-corrected chi connectivity index (χ2v) is 19.5. The lowest BCUT2D eigenvalue weighted by molar-refractivity contribution is 0.660. The van der Waals surface area contributed by atoms with Crippen LogP contribution in [0.5, 0.6) is 0 Å². The zero-order chi connectivity index (χ0) is 45.8. The summed E-state index contributed by atoms with van der Waals surface area (Å²) in [6.45, 7) is 4.72. The van der Waals surface area contributed by atoms with Crippen molar-refractivity contribution in [3.63, 3.8) is 0 Å². The smallest absolute Gasteiger partial charge is 0.0159 e. The van der Waals surface area contributed by atoms with Crippen LogP contribution in [0.2, 0.25) is 0 Å². The van der Waals surface area contributed by atoms with E-state index in [1.807, 2.05) is 0 Å². The van der Waals surface area contributed by atoms with Crippen molar-refractivity contribution in [3.05, 3.63) is 254 Å². The Hall–Kier alpha value is -8.58. The van der Waals surface area contributed by atoms with Crippen LogP contribution < -0.4 is 0 Å². The van der Waals surface area contributed by atoms with Gasteiger partial charge in [0.15, 0.2) is 0 Å². The Bertz CT molecular complexity index is 4190. The summed E-state index contributed by atoms with van der Waals surface area (Å²) in [6, 6.07) is 90.9. The molecule has 13 aromatic rings. The number of fused-ring (bicyclic) bond motifs is 9. The molecule has 69 heavy (non-hydrogen) atoms. The van der Waals surface area contributed by atoms with Gasteiger partial charge in [-0.2, -0.15) is 0 Å². The average Bonchev–Trinajstić information content (AvgIpc) is 3.64. The predicted molar refractivity (Wildman–Crippen MR) is 296 cm³/mol. The zero-order valence-corrected chi connectivity index (χ0v) is 38.6. The number of hydrogen-bond acceptors (Lipinski definition) is 0. The molecule has 0 saturated heterocycles. The number of rotatable bonds is 5. The maximum Gasteiger partial charge on any atom is 0.0159 e. The van der Waals surface area contributed by atoms with Crippen LogP contribution in [-0.2, 0) is 5.41 Å². The van der Waals surface area contributed by atoms with Crippen molar-refractivity contribution in [1.29, 1.82) is 0 Å². The molecule has 0 bridgehead atoms. The minimum atomic E-state index is -0.0448. The van der Waals surface area contributed by atoms with Gasteiger partial charge in [-0.05, 0) is 155 Å². The van der Waals surface area contributed by atoms with Crippen molar-refractivity contribution in [3.8, 4) is 66.8 Å². The van der Waals surface area contributed by atoms with E-state index in [1.165, 1.54) is 143 Å². The van der Waals surface area contributed by atoms with Gasteiger partial charge in [0.25, 0.3) is 0 Å². The molecule has 0 fully saturated rings. The summed E-state index contributed by atoms with van der Waals surface area (Å²) < 4.78 is 0. The third-order valence-electron chi connectivity index (χ3n) is 15.5. The molecule has 0 amide bonds. The maximum absolute atomic E-state index is 2.51. The fraction of sp³-hybridized carbons (Fsp3) is 0.0435. The first-order chi connectivity index (χ1) is 34.0. The second kappa shape index (κ2) is 15.2. The molecule has 0 nitrogen and oxygen atoms in total. The molecule has 1 aliphatic carbocycles. The second-order valence-electron chi connectivity index (χ2n) is 19.5. The number of benzene rings is 13. The number of hydrogen-bond donors (Lipinski definition) is 0. The molecule has 0 N–H and O–H groups in total. The first kappa shape index (κ1) is 39.6. The van der Waals surface area contributed by atoms with Gasteiger partial charge in [0.2, 0.25) is 0 Å². The van der Waals surface area contributed by atoms with E-state index in [0.717, 1.165) is 0 Å². The molecule has 0 spiro atoms. The first-order valence-electron chi connectivity index (χ1n) is 24.2.